The summed E-state index contributed by atoms with van der Waals surface area (Å²) in [6, 6.07) is 16.3. The lowest BCUT2D eigenvalue weighted by atomic mass is 9.76. The summed E-state index contributed by atoms with van der Waals surface area (Å²) in [5, 5.41) is 9.49. The molecule has 0 radical (unpaired) electrons. The SMILES string of the molecule is CN(C(=O)OCC1c2ccccc2-c2ccccc21)C1(C(=O)O)CCC1. The molecule has 1 fully saturated rings. The molecule has 2 aliphatic rings. The molecule has 1 amide bonds. The highest BCUT2D eigenvalue weighted by molar-refractivity contribution is 5.85. The number of hydrogen-bond acceptors (Lipinski definition) is 3. The number of amides is 1. The number of rotatable bonds is 4. The lowest BCUT2D eigenvalue weighted by Gasteiger charge is -2.44. The van der Waals surface area contributed by atoms with E-state index in [1.54, 1.807) is 0 Å². The van der Waals surface area contributed by atoms with E-state index in [1.165, 1.54) is 23.1 Å². The number of fused-ring (bicyclic) bond motifs is 3. The second kappa shape index (κ2) is 6.16. The third-order valence-electron chi connectivity index (χ3n) is 5.83. The number of ether oxygens (including phenoxy) is 1. The monoisotopic (exact) mass is 351 g/mol. The Morgan fingerprint density at radius 1 is 1.08 bits per heavy atom. The van der Waals surface area contributed by atoms with Crippen LogP contribution in [0.25, 0.3) is 11.1 Å². The predicted molar refractivity (Wildman–Crippen MR) is 97.0 cm³/mol. The van der Waals surface area contributed by atoms with Crippen LogP contribution in [0.2, 0.25) is 0 Å². The zero-order valence-corrected chi connectivity index (χ0v) is 14.6. The van der Waals surface area contributed by atoms with Gasteiger partial charge < -0.3 is 9.84 Å². The molecule has 0 saturated heterocycles. The topological polar surface area (TPSA) is 66.8 Å². The predicted octanol–water partition coefficient (Wildman–Crippen LogP) is 3.87. The van der Waals surface area contributed by atoms with Crippen LogP contribution in [0.3, 0.4) is 0 Å². The molecule has 0 aliphatic heterocycles. The molecule has 0 aromatic heterocycles. The fourth-order valence-electron chi connectivity index (χ4n) is 4.07. The van der Waals surface area contributed by atoms with Crippen molar-refractivity contribution in [2.24, 2.45) is 0 Å². The standard InChI is InChI=1S/C21H21NO4/c1-22(21(19(23)24)11-6-12-21)20(25)26-13-18-16-9-4-2-7-14(16)15-8-3-5-10-17(15)18/h2-5,7-10,18H,6,11-13H2,1H3,(H,23,24). The smallest absolute Gasteiger partial charge is 0.410 e. The minimum atomic E-state index is -1.11. The molecule has 0 unspecified atom stereocenters. The average Bonchev–Trinajstić information content (AvgIpc) is 2.92. The van der Waals surface area contributed by atoms with Gasteiger partial charge in [-0.3, -0.25) is 4.90 Å². The molecular formula is C21H21NO4. The Balaban J connectivity index is 1.53. The number of nitrogens with zero attached hydrogens (tertiary/aromatic N) is 1. The molecule has 4 rings (SSSR count). The van der Waals surface area contributed by atoms with E-state index >= 15 is 0 Å². The molecule has 0 bridgehead atoms. The van der Waals surface area contributed by atoms with Crippen LogP contribution in [0, 0.1) is 0 Å². The second-order valence-corrected chi connectivity index (χ2v) is 7.05. The lowest BCUT2D eigenvalue weighted by Crippen LogP contribution is -2.59. The fraction of sp³-hybridized carbons (Fsp3) is 0.333. The van der Waals surface area contributed by atoms with E-state index in [2.05, 4.69) is 24.3 Å². The maximum Gasteiger partial charge on any atom is 0.410 e. The number of carboxylic acids is 1. The summed E-state index contributed by atoms with van der Waals surface area (Å²) in [7, 11) is 1.52. The molecule has 5 heteroatoms. The van der Waals surface area contributed by atoms with Crippen molar-refractivity contribution in [3.63, 3.8) is 0 Å². The molecule has 0 spiro atoms. The van der Waals surface area contributed by atoms with Gasteiger partial charge in [0.15, 0.2) is 0 Å². The number of benzene rings is 2. The maximum atomic E-state index is 12.5. The highest BCUT2D eigenvalue weighted by atomic mass is 16.6. The average molecular weight is 351 g/mol. The van der Waals surface area contributed by atoms with Gasteiger partial charge in [0.05, 0.1) is 0 Å². The molecule has 26 heavy (non-hydrogen) atoms. The minimum absolute atomic E-state index is 0.0260. The summed E-state index contributed by atoms with van der Waals surface area (Å²) < 4.78 is 5.56. The van der Waals surface area contributed by atoms with Gasteiger partial charge in [0.1, 0.15) is 12.1 Å². The van der Waals surface area contributed by atoms with Crippen LogP contribution >= 0.6 is 0 Å². The number of carbonyl (C=O) groups excluding carboxylic acids is 1. The van der Waals surface area contributed by atoms with Gasteiger partial charge in [-0.2, -0.15) is 0 Å². The van der Waals surface area contributed by atoms with Crippen LogP contribution in [0.1, 0.15) is 36.3 Å². The molecule has 1 saturated carbocycles. The van der Waals surface area contributed by atoms with Crippen LogP contribution in [0.4, 0.5) is 4.79 Å². The van der Waals surface area contributed by atoms with Gasteiger partial charge >= 0.3 is 12.1 Å². The summed E-state index contributed by atoms with van der Waals surface area (Å²) in [5.41, 5.74) is 3.50. The number of carbonyl (C=O) groups is 2. The first kappa shape index (κ1) is 16.6. The summed E-state index contributed by atoms with van der Waals surface area (Å²) >= 11 is 0. The van der Waals surface area contributed by atoms with Gasteiger partial charge in [-0.15, -0.1) is 0 Å². The molecule has 134 valence electrons. The zero-order chi connectivity index (χ0) is 18.3. The normalized spacial score (nSPS) is 17.0. The van der Waals surface area contributed by atoms with Gasteiger partial charge in [0.2, 0.25) is 0 Å². The summed E-state index contributed by atoms with van der Waals surface area (Å²) in [6.07, 6.45) is 1.19. The van der Waals surface area contributed by atoms with Crippen molar-refractivity contribution in [2.75, 3.05) is 13.7 Å². The second-order valence-electron chi connectivity index (χ2n) is 7.05. The largest absolute Gasteiger partial charge is 0.479 e. The van der Waals surface area contributed by atoms with Gasteiger partial charge in [-0.05, 0) is 41.5 Å². The number of hydrogen-bond donors (Lipinski definition) is 1. The van der Waals surface area contributed by atoms with Gasteiger partial charge in [-0.1, -0.05) is 48.5 Å². The Hall–Kier alpha value is -2.82. The summed E-state index contributed by atoms with van der Waals surface area (Å²) in [4.78, 5) is 25.4. The molecule has 1 N–H and O–H groups in total. The van der Waals surface area contributed by atoms with Gasteiger partial charge in [0.25, 0.3) is 0 Å². The third kappa shape index (κ3) is 2.38. The lowest BCUT2D eigenvalue weighted by molar-refractivity contribution is -0.155. The van der Waals surface area contributed by atoms with E-state index < -0.39 is 17.6 Å². The summed E-state index contributed by atoms with van der Waals surface area (Å²) in [6.45, 7) is 0.201. The molecule has 0 heterocycles. The Morgan fingerprint density at radius 2 is 1.62 bits per heavy atom. The first-order valence-corrected chi connectivity index (χ1v) is 8.87. The fourth-order valence-corrected chi connectivity index (χ4v) is 4.07. The van der Waals surface area contributed by atoms with E-state index in [1.807, 2.05) is 24.3 Å². The summed E-state index contributed by atoms with van der Waals surface area (Å²) in [5.74, 6) is -0.985. The minimum Gasteiger partial charge on any atom is -0.479 e. The van der Waals surface area contributed by atoms with E-state index in [0.717, 1.165) is 17.5 Å². The molecule has 2 aromatic carbocycles. The van der Waals surface area contributed by atoms with Gasteiger partial charge in [-0.25, -0.2) is 9.59 Å². The molecule has 2 aromatic rings. The van der Waals surface area contributed by atoms with Crippen molar-refractivity contribution in [3.05, 3.63) is 59.7 Å². The van der Waals surface area contributed by atoms with Crippen molar-refractivity contribution in [1.29, 1.82) is 0 Å². The van der Waals surface area contributed by atoms with Gasteiger partial charge in [0, 0.05) is 13.0 Å². The van der Waals surface area contributed by atoms with E-state index in [0.29, 0.717) is 12.8 Å². The number of aliphatic carboxylic acids is 1. The highest BCUT2D eigenvalue weighted by Crippen LogP contribution is 2.44. The van der Waals surface area contributed by atoms with Crippen molar-refractivity contribution < 1.29 is 19.4 Å². The zero-order valence-electron chi connectivity index (χ0n) is 14.6. The van der Waals surface area contributed by atoms with E-state index in [4.69, 9.17) is 4.74 Å². The van der Waals surface area contributed by atoms with Crippen LogP contribution in [0.15, 0.2) is 48.5 Å². The first-order chi connectivity index (χ1) is 12.5. The quantitative estimate of drug-likeness (QED) is 0.908. The Labute approximate surface area is 152 Å². The molecule has 5 nitrogen and oxygen atoms in total. The molecule has 2 aliphatic carbocycles. The van der Waals surface area contributed by atoms with Crippen LogP contribution in [-0.4, -0.2) is 41.3 Å². The van der Waals surface area contributed by atoms with Crippen LogP contribution < -0.4 is 0 Å². The number of carboxylic acid groups (broad SMARTS) is 1. The van der Waals surface area contributed by atoms with E-state index in [-0.39, 0.29) is 12.5 Å². The molecule has 0 atom stereocenters. The van der Waals surface area contributed by atoms with Crippen LogP contribution in [0.5, 0.6) is 0 Å². The van der Waals surface area contributed by atoms with Crippen molar-refractivity contribution >= 4 is 12.1 Å². The van der Waals surface area contributed by atoms with E-state index in [9.17, 15) is 14.7 Å². The third-order valence-corrected chi connectivity index (χ3v) is 5.83. The molecular weight excluding hydrogens is 330 g/mol. The first-order valence-electron chi connectivity index (χ1n) is 8.87. The van der Waals surface area contributed by atoms with Crippen molar-refractivity contribution in [3.8, 4) is 11.1 Å². The van der Waals surface area contributed by atoms with Crippen molar-refractivity contribution in [2.45, 2.75) is 30.7 Å². The maximum absolute atomic E-state index is 12.5. The van der Waals surface area contributed by atoms with Crippen LogP contribution in [-0.2, 0) is 9.53 Å². The highest BCUT2D eigenvalue weighted by Gasteiger charge is 2.50. The van der Waals surface area contributed by atoms with Crippen molar-refractivity contribution in [1.82, 2.24) is 4.90 Å². The Morgan fingerprint density at radius 3 is 2.08 bits per heavy atom. The Bertz CT molecular complexity index is 826. The Kier molecular flexibility index (Phi) is 3.94. The number of likely N-dealkylation sites (N-methyl/N-ethyl adjacent to an activating group) is 1.